The van der Waals surface area contributed by atoms with Crippen LogP contribution < -0.4 is 5.73 Å². The summed E-state index contributed by atoms with van der Waals surface area (Å²) in [6, 6.07) is -0.848. The number of hydrogen-bond acceptors (Lipinski definition) is 7. The first-order valence-electron chi connectivity index (χ1n) is 5.23. The predicted octanol–water partition coefficient (Wildman–Crippen LogP) is -0.301. The van der Waals surface area contributed by atoms with Crippen LogP contribution in [0.2, 0.25) is 0 Å². The van der Waals surface area contributed by atoms with Gasteiger partial charge in [0.1, 0.15) is 6.61 Å². The summed E-state index contributed by atoms with van der Waals surface area (Å²) in [6.07, 6.45) is 4.47. The largest absolute Gasteiger partial charge is 0.462 e. The van der Waals surface area contributed by atoms with Gasteiger partial charge in [-0.1, -0.05) is 0 Å². The zero-order chi connectivity index (χ0) is 12.9. The topological polar surface area (TPSA) is 111 Å². The van der Waals surface area contributed by atoms with Crippen molar-refractivity contribution in [3.8, 4) is 0 Å². The molecular weight excluding hydrogens is 226 g/mol. The van der Waals surface area contributed by atoms with E-state index in [1.165, 1.54) is 12.2 Å². The van der Waals surface area contributed by atoms with Crippen LogP contribution in [-0.4, -0.2) is 43.9 Å². The fourth-order valence-corrected chi connectivity index (χ4v) is 1.11. The molecule has 0 bridgehead atoms. The number of carbonyl (C=O) groups excluding carboxylic acids is 3. The lowest BCUT2D eigenvalue weighted by Crippen LogP contribution is -2.23. The second-order valence-corrected chi connectivity index (χ2v) is 3.16. The summed E-state index contributed by atoms with van der Waals surface area (Å²) in [7, 11) is 0. The lowest BCUT2D eigenvalue weighted by molar-refractivity contribution is -0.145. The summed E-state index contributed by atoms with van der Waals surface area (Å²) in [5.74, 6) is -0.619. The van der Waals surface area contributed by atoms with Crippen molar-refractivity contribution in [2.24, 2.45) is 15.7 Å². The van der Waals surface area contributed by atoms with E-state index < -0.39 is 12.0 Å². The zero-order valence-electron chi connectivity index (χ0n) is 9.42. The first kappa shape index (κ1) is 15.2. The first-order chi connectivity index (χ1) is 8.26. The van der Waals surface area contributed by atoms with Gasteiger partial charge in [0.2, 0.25) is 12.2 Å². The number of nitrogens with zero attached hydrogens (tertiary/aromatic N) is 2. The molecule has 0 aliphatic heterocycles. The van der Waals surface area contributed by atoms with Gasteiger partial charge in [0.15, 0.2) is 6.04 Å². The standard InChI is InChI=1S/C10H15N3O4/c11-4-2-1-3-9(13-8-15)10(16)17-6-5-12-7-14/h9H,1-6,11H2/t9-/m0/s1. The van der Waals surface area contributed by atoms with Crippen molar-refractivity contribution in [1.29, 1.82) is 0 Å². The lowest BCUT2D eigenvalue weighted by atomic mass is 10.1. The lowest BCUT2D eigenvalue weighted by Gasteiger charge is -2.09. The van der Waals surface area contributed by atoms with Gasteiger partial charge in [-0.05, 0) is 25.8 Å². The molecule has 0 spiro atoms. The molecule has 7 nitrogen and oxygen atoms in total. The number of unbranched alkanes of at least 4 members (excludes halogenated alkanes) is 1. The van der Waals surface area contributed by atoms with E-state index in [1.807, 2.05) is 0 Å². The fraction of sp³-hybridized carbons (Fsp3) is 0.700. The Morgan fingerprint density at radius 2 is 2.06 bits per heavy atom. The summed E-state index contributed by atoms with van der Waals surface area (Å²) >= 11 is 0. The summed E-state index contributed by atoms with van der Waals surface area (Å²) in [4.78, 5) is 37.9. The van der Waals surface area contributed by atoms with Gasteiger partial charge in [-0.25, -0.2) is 19.4 Å². The third kappa shape index (κ3) is 8.04. The van der Waals surface area contributed by atoms with E-state index in [4.69, 9.17) is 10.5 Å². The highest BCUT2D eigenvalue weighted by Gasteiger charge is 2.18. The highest BCUT2D eigenvalue weighted by Crippen LogP contribution is 2.06. The van der Waals surface area contributed by atoms with Gasteiger partial charge in [-0.3, -0.25) is 0 Å². The molecule has 0 radical (unpaired) electrons. The quantitative estimate of drug-likeness (QED) is 0.258. The van der Waals surface area contributed by atoms with Crippen molar-refractivity contribution < 1.29 is 19.1 Å². The number of isocyanates is 2. The van der Waals surface area contributed by atoms with Crippen LogP contribution in [0, 0.1) is 0 Å². The number of ether oxygens (including phenoxy) is 1. The van der Waals surface area contributed by atoms with Crippen LogP contribution in [0.4, 0.5) is 0 Å². The van der Waals surface area contributed by atoms with E-state index in [9.17, 15) is 14.4 Å². The Morgan fingerprint density at radius 3 is 2.65 bits per heavy atom. The molecule has 0 aliphatic rings. The van der Waals surface area contributed by atoms with Gasteiger partial charge in [0, 0.05) is 0 Å². The van der Waals surface area contributed by atoms with Gasteiger partial charge in [-0.15, -0.1) is 0 Å². The molecule has 0 unspecified atom stereocenters. The average molecular weight is 241 g/mol. The van der Waals surface area contributed by atoms with E-state index in [-0.39, 0.29) is 13.2 Å². The highest BCUT2D eigenvalue weighted by molar-refractivity contribution is 5.76. The maximum absolute atomic E-state index is 11.4. The van der Waals surface area contributed by atoms with Crippen molar-refractivity contribution in [2.75, 3.05) is 19.7 Å². The van der Waals surface area contributed by atoms with E-state index >= 15 is 0 Å². The zero-order valence-corrected chi connectivity index (χ0v) is 9.42. The molecule has 0 saturated heterocycles. The van der Waals surface area contributed by atoms with Crippen LogP contribution >= 0.6 is 0 Å². The van der Waals surface area contributed by atoms with Crippen molar-refractivity contribution in [1.82, 2.24) is 0 Å². The van der Waals surface area contributed by atoms with Crippen LogP contribution in [0.25, 0.3) is 0 Å². The molecule has 7 heteroatoms. The van der Waals surface area contributed by atoms with Crippen molar-refractivity contribution in [2.45, 2.75) is 25.3 Å². The number of rotatable bonds is 9. The minimum Gasteiger partial charge on any atom is -0.462 e. The van der Waals surface area contributed by atoms with Crippen molar-refractivity contribution >= 4 is 18.1 Å². The second kappa shape index (κ2) is 10.7. The number of esters is 1. The molecule has 0 rings (SSSR count). The SMILES string of the molecule is NCCCC[C@H](N=C=O)C(=O)OCCN=C=O. The third-order valence-corrected chi connectivity index (χ3v) is 1.92. The number of carbonyl (C=O) groups is 1. The predicted molar refractivity (Wildman–Crippen MR) is 58.8 cm³/mol. The molecule has 94 valence electrons. The van der Waals surface area contributed by atoms with Gasteiger partial charge in [0.05, 0.1) is 6.54 Å². The Morgan fingerprint density at radius 1 is 1.29 bits per heavy atom. The van der Waals surface area contributed by atoms with Crippen molar-refractivity contribution in [3.05, 3.63) is 0 Å². The smallest absolute Gasteiger partial charge is 0.331 e. The normalized spacial score (nSPS) is 10.9. The van der Waals surface area contributed by atoms with E-state index in [1.54, 1.807) is 0 Å². The Balaban J connectivity index is 4.05. The minimum atomic E-state index is -0.848. The molecular formula is C10H15N3O4. The molecule has 0 saturated carbocycles. The van der Waals surface area contributed by atoms with Gasteiger partial charge >= 0.3 is 5.97 Å². The number of hydrogen-bond donors (Lipinski definition) is 1. The number of aliphatic imine (C=N–C) groups is 2. The summed E-state index contributed by atoms with van der Waals surface area (Å²) in [6.45, 7) is 0.534. The molecule has 0 fully saturated rings. The second-order valence-electron chi connectivity index (χ2n) is 3.16. The van der Waals surface area contributed by atoms with E-state index in [0.29, 0.717) is 19.4 Å². The van der Waals surface area contributed by atoms with E-state index in [0.717, 1.165) is 6.42 Å². The molecule has 0 amide bonds. The number of nitrogens with two attached hydrogens (primary N) is 1. The molecule has 17 heavy (non-hydrogen) atoms. The van der Waals surface area contributed by atoms with Crippen molar-refractivity contribution in [3.63, 3.8) is 0 Å². The minimum absolute atomic E-state index is 0.0319. The van der Waals surface area contributed by atoms with Crippen LogP contribution in [0.15, 0.2) is 9.98 Å². The fourth-order valence-electron chi connectivity index (χ4n) is 1.11. The Bertz CT molecular complexity index is 320. The van der Waals surface area contributed by atoms with Gasteiger partial charge < -0.3 is 10.5 Å². The van der Waals surface area contributed by atoms with Crippen LogP contribution in [0.3, 0.4) is 0 Å². The average Bonchev–Trinajstić information content (AvgIpc) is 2.33. The third-order valence-electron chi connectivity index (χ3n) is 1.92. The van der Waals surface area contributed by atoms with Gasteiger partial charge in [-0.2, -0.15) is 4.99 Å². The van der Waals surface area contributed by atoms with Gasteiger partial charge in [0.25, 0.3) is 0 Å². The molecule has 1 atom stereocenters. The Labute approximate surface area is 98.8 Å². The molecule has 0 aromatic rings. The Kier molecular flexibility index (Phi) is 9.56. The maximum Gasteiger partial charge on any atom is 0.331 e. The maximum atomic E-state index is 11.4. The molecule has 0 aromatic heterocycles. The summed E-state index contributed by atoms with van der Waals surface area (Å²) in [5.41, 5.74) is 5.31. The summed E-state index contributed by atoms with van der Waals surface area (Å²) in [5, 5.41) is 0. The molecule has 2 N–H and O–H groups in total. The van der Waals surface area contributed by atoms with Crippen LogP contribution in [-0.2, 0) is 19.1 Å². The highest BCUT2D eigenvalue weighted by atomic mass is 16.5. The van der Waals surface area contributed by atoms with E-state index in [2.05, 4.69) is 9.98 Å². The molecule has 0 aromatic carbocycles. The first-order valence-corrected chi connectivity index (χ1v) is 5.23. The molecule has 0 aliphatic carbocycles. The molecule has 0 heterocycles. The van der Waals surface area contributed by atoms with Crippen LogP contribution in [0.5, 0.6) is 0 Å². The summed E-state index contributed by atoms with van der Waals surface area (Å²) < 4.78 is 4.77. The monoisotopic (exact) mass is 241 g/mol. The Hall–Kier alpha value is -1.81. The van der Waals surface area contributed by atoms with Crippen LogP contribution in [0.1, 0.15) is 19.3 Å².